The van der Waals surface area contributed by atoms with Crippen LogP contribution in [0.5, 0.6) is 5.75 Å². The van der Waals surface area contributed by atoms with Gasteiger partial charge in [-0.15, -0.1) is 0 Å². The third kappa shape index (κ3) is 4.61. The van der Waals surface area contributed by atoms with Gasteiger partial charge >= 0.3 is 0 Å². The Bertz CT molecular complexity index is 899. The minimum atomic E-state index is -0.511. The van der Waals surface area contributed by atoms with E-state index < -0.39 is 5.91 Å². The highest BCUT2D eigenvalue weighted by atomic mass is 16.5. The summed E-state index contributed by atoms with van der Waals surface area (Å²) in [6, 6.07) is 16.8. The molecule has 0 radical (unpaired) electrons. The van der Waals surface area contributed by atoms with Crippen LogP contribution in [-0.2, 0) is 9.53 Å². The molecule has 2 aromatic rings. The zero-order chi connectivity index (χ0) is 19.8. The molecule has 0 unspecified atom stereocenters. The summed E-state index contributed by atoms with van der Waals surface area (Å²) in [5.41, 5.74) is 2.29. The molecule has 7 nitrogen and oxygen atoms in total. The van der Waals surface area contributed by atoms with Crippen molar-refractivity contribution in [1.82, 2.24) is 0 Å². The number of carbonyl (C=O) groups excluding carboxylic acids is 1. The predicted molar refractivity (Wildman–Crippen MR) is 108 cm³/mol. The van der Waals surface area contributed by atoms with Gasteiger partial charge in [0.05, 0.1) is 37.4 Å². The van der Waals surface area contributed by atoms with E-state index in [0.29, 0.717) is 24.7 Å². The van der Waals surface area contributed by atoms with Gasteiger partial charge in [-0.1, -0.05) is 24.3 Å². The van der Waals surface area contributed by atoms with Gasteiger partial charge in [0.1, 0.15) is 17.4 Å². The summed E-state index contributed by atoms with van der Waals surface area (Å²) in [7, 11) is 1.52. The summed E-state index contributed by atoms with van der Waals surface area (Å²) in [4.78, 5) is 14.7. The molecule has 2 N–H and O–H groups in total. The maximum Gasteiger partial charge on any atom is 0.267 e. The van der Waals surface area contributed by atoms with Crippen LogP contribution in [0.4, 0.5) is 17.1 Å². The first kappa shape index (κ1) is 19.3. The molecule has 7 heteroatoms. The molecule has 1 fully saturated rings. The van der Waals surface area contributed by atoms with Gasteiger partial charge < -0.3 is 25.0 Å². The molecule has 0 atom stereocenters. The number of nitriles is 1. The molecule has 0 spiro atoms. The van der Waals surface area contributed by atoms with Crippen LogP contribution in [0, 0.1) is 11.3 Å². The van der Waals surface area contributed by atoms with Crippen molar-refractivity contribution in [3.05, 3.63) is 60.3 Å². The second-order valence-electron chi connectivity index (χ2n) is 6.09. The standard InChI is InChI=1S/C21H22N4O3/c1-27-20-9-5-3-7-18(20)24-21(26)16(14-22)15-23-17-6-2-4-8-19(17)25-10-12-28-13-11-25/h2-9,15,23H,10-13H2,1H3,(H,24,26)/b16-15-. The Labute approximate surface area is 164 Å². The van der Waals surface area contributed by atoms with Gasteiger partial charge in [0.2, 0.25) is 0 Å². The van der Waals surface area contributed by atoms with Crippen molar-refractivity contribution in [2.24, 2.45) is 0 Å². The van der Waals surface area contributed by atoms with Crippen LogP contribution in [0.2, 0.25) is 0 Å². The zero-order valence-corrected chi connectivity index (χ0v) is 15.6. The number of hydrogen-bond donors (Lipinski definition) is 2. The Morgan fingerprint density at radius 3 is 2.54 bits per heavy atom. The van der Waals surface area contributed by atoms with Crippen molar-refractivity contribution >= 4 is 23.0 Å². The Morgan fingerprint density at radius 2 is 1.82 bits per heavy atom. The van der Waals surface area contributed by atoms with Crippen LogP contribution in [0.3, 0.4) is 0 Å². The van der Waals surface area contributed by atoms with E-state index in [1.54, 1.807) is 24.3 Å². The maximum absolute atomic E-state index is 12.5. The Kier molecular flexibility index (Phi) is 6.50. The van der Waals surface area contributed by atoms with Crippen LogP contribution in [0.1, 0.15) is 0 Å². The fraction of sp³-hybridized carbons (Fsp3) is 0.238. The van der Waals surface area contributed by atoms with E-state index in [0.717, 1.165) is 24.5 Å². The lowest BCUT2D eigenvalue weighted by Crippen LogP contribution is -2.36. The summed E-state index contributed by atoms with van der Waals surface area (Å²) < 4.78 is 10.6. The number of nitrogens with zero attached hydrogens (tertiary/aromatic N) is 2. The first-order chi connectivity index (χ1) is 13.7. The lowest BCUT2D eigenvalue weighted by molar-refractivity contribution is -0.112. The second-order valence-corrected chi connectivity index (χ2v) is 6.09. The molecule has 0 saturated carbocycles. The van der Waals surface area contributed by atoms with Crippen molar-refractivity contribution in [3.63, 3.8) is 0 Å². The van der Waals surface area contributed by atoms with E-state index in [1.807, 2.05) is 30.3 Å². The largest absolute Gasteiger partial charge is 0.495 e. The van der Waals surface area contributed by atoms with Crippen molar-refractivity contribution < 1.29 is 14.3 Å². The van der Waals surface area contributed by atoms with Gasteiger partial charge in [-0.2, -0.15) is 5.26 Å². The third-order valence-electron chi connectivity index (χ3n) is 4.35. The number of rotatable bonds is 6. The van der Waals surface area contributed by atoms with Crippen molar-refractivity contribution in [2.45, 2.75) is 0 Å². The van der Waals surface area contributed by atoms with E-state index in [2.05, 4.69) is 15.5 Å². The average molecular weight is 378 g/mol. The lowest BCUT2D eigenvalue weighted by Gasteiger charge is -2.30. The first-order valence-corrected chi connectivity index (χ1v) is 8.96. The molecule has 0 aromatic heterocycles. The lowest BCUT2D eigenvalue weighted by atomic mass is 10.2. The van der Waals surface area contributed by atoms with E-state index >= 15 is 0 Å². The van der Waals surface area contributed by atoms with E-state index in [1.165, 1.54) is 13.3 Å². The van der Waals surface area contributed by atoms with Crippen molar-refractivity contribution in [1.29, 1.82) is 5.26 Å². The topological polar surface area (TPSA) is 86.6 Å². The molecule has 0 bridgehead atoms. The monoisotopic (exact) mass is 378 g/mol. The van der Waals surface area contributed by atoms with Gasteiger partial charge in [0.25, 0.3) is 5.91 Å². The van der Waals surface area contributed by atoms with Crippen molar-refractivity contribution in [3.8, 4) is 11.8 Å². The highest BCUT2D eigenvalue weighted by molar-refractivity contribution is 6.07. The van der Waals surface area contributed by atoms with Gasteiger partial charge in [0, 0.05) is 19.3 Å². The normalized spacial score (nSPS) is 14.1. The SMILES string of the molecule is COc1ccccc1NC(=O)/C(C#N)=C\Nc1ccccc1N1CCOCC1. The molecular formula is C21H22N4O3. The van der Waals surface area contributed by atoms with Gasteiger partial charge in [-0.3, -0.25) is 4.79 Å². The number of morpholine rings is 1. The van der Waals surface area contributed by atoms with Crippen LogP contribution in [0.25, 0.3) is 0 Å². The van der Waals surface area contributed by atoms with Crippen LogP contribution in [-0.4, -0.2) is 39.3 Å². The maximum atomic E-state index is 12.5. The molecule has 1 saturated heterocycles. The Hall–Kier alpha value is -3.50. The fourth-order valence-corrected chi connectivity index (χ4v) is 2.91. The predicted octanol–water partition coefficient (Wildman–Crippen LogP) is 2.99. The highest BCUT2D eigenvalue weighted by Gasteiger charge is 2.15. The molecule has 0 aliphatic carbocycles. The number of ether oxygens (including phenoxy) is 2. The quantitative estimate of drug-likeness (QED) is 0.594. The van der Waals surface area contributed by atoms with E-state index in [9.17, 15) is 10.1 Å². The molecule has 28 heavy (non-hydrogen) atoms. The number of benzene rings is 2. The molecule has 1 aliphatic rings. The second kappa shape index (κ2) is 9.44. The minimum Gasteiger partial charge on any atom is -0.495 e. The van der Waals surface area contributed by atoms with Crippen LogP contribution < -0.4 is 20.3 Å². The molecule has 1 amide bonds. The zero-order valence-electron chi connectivity index (χ0n) is 15.6. The summed E-state index contributed by atoms with van der Waals surface area (Å²) in [5.74, 6) is 0.0158. The molecule has 144 valence electrons. The summed E-state index contributed by atoms with van der Waals surface area (Å²) >= 11 is 0. The number of para-hydroxylation sites is 4. The number of nitrogens with one attached hydrogen (secondary N) is 2. The highest BCUT2D eigenvalue weighted by Crippen LogP contribution is 2.27. The molecule has 1 heterocycles. The van der Waals surface area contributed by atoms with E-state index in [4.69, 9.17) is 9.47 Å². The van der Waals surface area contributed by atoms with Crippen molar-refractivity contribution in [2.75, 3.05) is 48.9 Å². The number of methoxy groups -OCH3 is 1. The number of hydrogen-bond acceptors (Lipinski definition) is 6. The Morgan fingerprint density at radius 1 is 1.14 bits per heavy atom. The average Bonchev–Trinajstić information content (AvgIpc) is 2.75. The summed E-state index contributed by atoms with van der Waals surface area (Å²) in [5, 5.41) is 15.2. The third-order valence-corrected chi connectivity index (χ3v) is 4.35. The number of amides is 1. The smallest absolute Gasteiger partial charge is 0.267 e. The number of carbonyl (C=O) groups is 1. The molecule has 1 aliphatic heterocycles. The van der Waals surface area contributed by atoms with E-state index in [-0.39, 0.29) is 5.57 Å². The fourth-order valence-electron chi connectivity index (χ4n) is 2.91. The van der Waals surface area contributed by atoms with Crippen LogP contribution >= 0.6 is 0 Å². The van der Waals surface area contributed by atoms with Gasteiger partial charge in [0.15, 0.2) is 0 Å². The minimum absolute atomic E-state index is 0.0392. The molecule has 2 aromatic carbocycles. The van der Waals surface area contributed by atoms with Crippen LogP contribution in [0.15, 0.2) is 60.3 Å². The molecule has 3 rings (SSSR count). The Balaban J connectivity index is 1.75. The first-order valence-electron chi connectivity index (χ1n) is 8.96. The van der Waals surface area contributed by atoms with Gasteiger partial charge in [-0.25, -0.2) is 0 Å². The summed E-state index contributed by atoms with van der Waals surface area (Å²) in [6.07, 6.45) is 1.42. The van der Waals surface area contributed by atoms with Gasteiger partial charge in [-0.05, 0) is 24.3 Å². The molecular weight excluding hydrogens is 356 g/mol. The summed E-state index contributed by atoms with van der Waals surface area (Å²) in [6.45, 7) is 2.94. The number of anilines is 3.